The van der Waals surface area contributed by atoms with Crippen LogP contribution in [0.15, 0.2) is 0 Å². The van der Waals surface area contributed by atoms with Gasteiger partial charge in [0.1, 0.15) is 0 Å². The van der Waals surface area contributed by atoms with Gasteiger partial charge in [0.2, 0.25) is 0 Å². The molecule has 5 saturated carbocycles. The molecule has 0 amide bonds. The molecule has 1 heteroatoms. The van der Waals surface area contributed by atoms with E-state index in [1.165, 1.54) is 70.6 Å². The van der Waals surface area contributed by atoms with Crippen molar-refractivity contribution in [2.75, 3.05) is 7.11 Å². The van der Waals surface area contributed by atoms with Gasteiger partial charge in [-0.25, -0.2) is 0 Å². The first kappa shape index (κ1) is 23.7. The highest BCUT2D eigenvalue weighted by Crippen LogP contribution is 2.77. The van der Waals surface area contributed by atoms with Crippen molar-refractivity contribution in [3.63, 3.8) is 0 Å². The minimum absolute atomic E-state index is 0.305. The maximum absolute atomic E-state index is 6.06. The Morgan fingerprint density at radius 1 is 0.594 bits per heavy atom. The van der Waals surface area contributed by atoms with Crippen LogP contribution in [0.2, 0.25) is 0 Å². The summed E-state index contributed by atoms with van der Waals surface area (Å²) in [7, 11) is 1.96. The van der Waals surface area contributed by atoms with Crippen molar-refractivity contribution in [3.8, 4) is 0 Å². The fraction of sp³-hybridized carbons (Fsp3) is 1.00. The second-order valence-electron chi connectivity index (χ2n) is 15.9. The van der Waals surface area contributed by atoms with Crippen LogP contribution < -0.4 is 0 Å². The molecule has 5 rings (SSSR count). The Labute approximate surface area is 200 Å². The van der Waals surface area contributed by atoms with E-state index >= 15 is 0 Å². The van der Waals surface area contributed by atoms with Crippen LogP contribution in [0.5, 0.6) is 0 Å². The maximum atomic E-state index is 6.06. The van der Waals surface area contributed by atoms with Crippen molar-refractivity contribution >= 4 is 0 Å². The Morgan fingerprint density at radius 3 is 1.97 bits per heavy atom. The first-order valence-corrected chi connectivity index (χ1v) is 14.3. The third kappa shape index (κ3) is 2.91. The van der Waals surface area contributed by atoms with E-state index in [0.717, 1.165) is 23.7 Å². The van der Waals surface area contributed by atoms with Crippen LogP contribution in [0.25, 0.3) is 0 Å². The lowest BCUT2D eigenvalue weighted by Gasteiger charge is -2.73. The van der Waals surface area contributed by atoms with Gasteiger partial charge in [-0.3, -0.25) is 0 Å². The highest BCUT2D eigenvalue weighted by Gasteiger charge is 2.69. The molecule has 1 nitrogen and oxygen atoms in total. The molecule has 0 heterocycles. The monoisotopic (exact) mass is 442 g/mol. The summed E-state index contributed by atoms with van der Waals surface area (Å²) in [5.41, 5.74) is 3.00. The molecular formula is C31H54O. The number of hydrogen-bond donors (Lipinski definition) is 0. The summed E-state index contributed by atoms with van der Waals surface area (Å²) in [5.74, 6) is 3.61. The third-order valence-electron chi connectivity index (χ3n) is 13.9. The topological polar surface area (TPSA) is 9.23 Å². The van der Waals surface area contributed by atoms with Crippen LogP contribution in [0.1, 0.15) is 126 Å². The highest BCUT2D eigenvalue weighted by molar-refractivity contribution is 5.18. The molecule has 0 bridgehead atoms. The normalized spacial score (nSPS) is 56.3. The van der Waals surface area contributed by atoms with Gasteiger partial charge in [0.25, 0.3) is 0 Å². The lowest BCUT2D eigenvalue weighted by atomic mass is 9.31. The summed E-state index contributed by atoms with van der Waals surface area (Å²) < 4.78 is 6.06. The lowest BCUT2D eigenvalue weighted by molar-refractivity contribution is -0.254. The fourth-order valence-electron chi connectivity index (χ4n) is 11.7. The van der Waals surface area contributed by atoms with Crippen LogP contribution in [-0.4, -0.2) is 13.2 Å². The van der Waals surface area contributed by atoms with Crippen LogP contribution in [0.4, 0.5) is 0 Å². The second-order valence-corrected chi connectivity index (χ2v) is 15.9. The number of ether oxygens (including phenoxy) is 1. The van der Waals surface area contributed by atoms with Gasteiger partial charge in [-0.2, -0.15) is 0 Å². The average Bonchev–Trinajstić information content (AvgIpc) is 2.69. The SMILES string of the molecule is COC1CCC2(C)C(CCC3(C)C2CCC2C4CC(C)(C)CCC4(C)CCC23C)C1(C)C. The smallest absolute Gasteiger partial charge is 0.0625 e. The summed E-state index contributed by atoms with van der Waals surface area (Å²) in [4.78, 5) is 0. The van der Waals surface area contributed by atoms with Gasteiger partial charge in [-0.1, -0.05) is 55.4 Å². The Morgan fingerprint density at radius 2 is 1.28 bits per heavy atom. The predicted molar refractivity (Wildman–Crippen MR) is 136 cm³/mol. The van der Waals surface area contributed by atoms with Gasteiger partial charge in [-0.15, -0.1) is 0 Å². The number of rotatable bonds is 1. The van der Waals surface area contributed by atoms with Crippen LogP contribution >= 0.6 is 0 Å². The van der Waals surface area contributed by atoms with E-state index in [1.54, 1.807) is 0 Å². The Bertz CT molecular complexity index is 752. The predicted octanol–water partition coefficient (Wildman–Crippen LogP) is 8.90. The highest BCUT2D eigenvalue weighted by atomic mass is 16.5. The van der Waals surface area contributed by atoms with Gasteiger partial charge in [0, 0.05) is 7.11 Å². The Balaban J connectivity index is 1.51. The van der Waals surface area contributed by atoms with Crippen molar-refractivity contribution < 1.29 is 4.74 Å². The van der Waals surface area contributed by atoms with E-state index < -0.39 is 0 Å². The molecule has 0 aromatic heterocycles. The molecule has 0 aromatic rings. The molecule has 0 N–H and O–H groups in total. The van der Waals surface area contributed by atoms with Crippen LogP contribution in [0, 0.1) is 56.2 Å². The van der Waals surface area contributed by atoms with Gasteiger partial charge in [-0.05, 0) is 127 Å². The summed E-state index contributed by atoms with van der Waals surface area (Å²) in [6.45, 7) is 21.2. The Hall–Kier alpha value is -0.0400. The fourth-order valence-corrected chi connectivity index (χ4v) is 11.7. The molecule has 0 aliphatic heterocycles. The van der Waals surface area contributed by atoms with Crippen molar-refractivity contribution in [1.29, 1.82) is 0 Å². The van der Waals surface area contributed by atoms with Crippen molar-refractivity contribution in [1.82, 2.24) is 0 Å². The quantitative estimate of drug-likeness (QED) is 0.394. The summed E-state index contributed by atoms with van der Waals surface area (Å²) in [6.07, 6.45) is 16.3. The summed E-state index contributed by atoms with van der Waals surface area (Å²) >= 11 is 0. The van der Waals surface area contributed by atoms with E-state index in [4.69, 9.17) is 4.74 Å². The molecule has 32 heavy (non-hydrogen) atoms. The zero-order chi connectivity index (χ0) is 23.4. The molecule has 5 aliphatic rings. The molecule has 9 unspecified atom stereocenters. The molecule has 5 fully saturated rings. The van der Waals surface area contributed by atoms with Gasteiger partial charge < -0.3 is 4.74 Å². The largest absolute Gasteiger partial charge is 0.381 e. The van der Waals surface area contributed by atoms with E-state index in [2.05, 4.69) is 55.4 Å². The van der Waals surface area contributed by atoms with E-state index in [9.17, 15) is 0 Å². The van der Waals surface area contributed by atoms with Gasteiger partial charge in [0.05, 0.1) is 6.10 Å². The van der Waals surface area contributed by atoms with E-state index in [-0.39, 0.29) is 0 Å². The van der Waals surface area contributed by atoms with Crippen molar-refractivity contribution in [2.45, 2.75) is 132 Å². The number of fused-ring (bicyclic) bond motifs is 7. The number of hydrogen-bond acceptors (Lipinski definition) is 1. The number of methoxy groups -OCH3 is 1. The van der Waals surface area contributed by atoms with Gasteiger partial charge >= 0.3 is 0 Å². The first-order chi connectivity index (χ1) is 14.7. The third-order valence-corrected chi connectivity index (χ3v) is 13.9. The second kappa shape index (κ2) is 7.01. The minimum atomic E-state index is 0.305. The van der Waals surface area contributed by atoms with Gasteiger partial charge in [0.15, 0.2) is 0 Å². The molecular weight excluding hydrogens is 388 g/mol. The first-order valence-electron chi connectivity index (χ1n) is 14.3. The molecule has 184 valence electrons. The molecule has 0 aromatic carbocycles. The minimum Gasteiger partial charge on any atom is -0.381 e. The molecule has 0 radical (unpaired) electrons. The summed E-state index contributed by atoms with van der Waals surface area (Å²) in [5, 5.41) is 0. The molecule has 0 saturated heterocycles. The molecule has 0 spiro atoms. The molecule has 9 atom stereocenters. The van der Waals surface area contributed by atoms with E-state index in [1.807, 2.05) is 7.11 Å². The summed E-state index contributed by atoms with van der Waals surface area (Å²) in [6, 6.07) is 0. The zero-order valence-electron chi connectivity index (χ0n) is 23.1. The van der Waals surface area contributed by atoms with E-state index in [0.29, 0.717) is 38.6 Å². The molecule has 5 aliphatic carbocycles. The van der Waals surface area contributed by atoms with Crippen LogP contribution in [0.3, 0.4) is 0 Å². The van der Waals surface area contributed by atoms with Crippen molar-refractivity contribution in [2.24, 2.45) is 56.2 Å². The standard InChI is InChI=1S/C31H54O/c1-26(2)16-17-28(5)18-19-30(7)21(22(28)20-26)10-11-24-29(6)14-13-25(32-9)27(3,4)23(29)12-15-31(24,30)8/h21-25H,10-20H2,1-9H3. The maximum Gasteiger partial charge on any atom is 0.0625 e. The van der Waals surface area contributed by atoms with Crippen LogP contribution in [-0.2, 0) is 4.74 Å². The Kier molecular flexibility index (Phi) is 5.19. The lowest BCUT2D eigenvalue weighted by Crippen LogP contribution is -2.67. The van der Waals surface area contributed by atoms with Crippen molar-refractivity contribution in [3.05, 3.63) is 0 Å². The zero-order valence-corrected chi connectivity index (χ0v) is 23.1. The average molecular weight is 443 g/mol.